The van der Waals surface area contributed by atoms with E-state index in [1.165, 1.54) is 0 Å². The number of fused-ring (bicyclic) bond motifs is 1. The van der Waals surface area contributed by atoms with Crippen LogP contribution in [0.5, 0.6) is 0 Å². The summed E-state index contributed by atoms with van der Waals surface area (Å²) >= 11 is 0. The van der Waals surface area contributed by atoms with Crippen LogP contribution in [0.1, 0.15) is 30.9 Å². The van der Waals surface area contributed by atoms with Gasteiger partial charge in [-0.25, -0.2) is 0 Å². The minimum Gasteiger partial charge on any atom is -0.464 e. The average molecular weight is 315 g/mol. The molecule has 5 heteroatoms. The van der Waals surface area contributed by atoms with Gasteiger partial charge in [0, 0.05) is 17.0 Å². The monoisotopic (exact) mass is 315 g/mol. The van der Waals surface area contributed by atoms with Gasteiger partial charge >= 0.3 is 5.97 Å². The lowest BCUT2D eigenvalue weighted by Gasteiger charge is -2.12. The molecule has 1 saturated carbocycles. The highest BCUT2D eigenvalue weighted by atomic mass is 16.5. The van der Waals surface area contributed by atoms with Crippen molar-refractivity contribution in [3.63, 3.8) is 0 Å². The zero-order valence-electron chi connectivity index (χ0n) is 13.4. The molecule has 1 aliphatic rings. The SMILES string of the molecule is Cc1ccc2c(CC(=O)OCC(=O)N[C@@H](C)C3CC3)coc2c1. The third-order valence-corrected chi connectivity index (χ3v) is 4.23. The summed E-state index contributed by atoms with van der Waals surface area (Å²) in [5, 5.41) is 3.76. The summed E-state index contributed by atoms with van der Waals surface area (Å²) in [4.78, 5) is 23.6. The van der Waals surface area contributed by atoms with Crippen molar-refractivity contribution in [1.29, 1.82) is 0 Å². The van der Waals surface area contributed by atoms with Crippen LogP contribution < -0.4 is 5.32 Å². The summed E-state index contributed by atoms with van der Waals surface area (Å²) < 4.78 is 10.5. The highest BCUT2D eigenvalue weighted by Gasteiger charge is 2.29. The van der Waals surface area contributed by atoms with Crippen molar-refractivity contribution in [2.45, 2.75) is 39.2 Å². The van der Waals surface area contributed by atoms with Gasteiger partial charge in [-0.2, -0.15) is 0 Å². The summed E-state index contributed by atoms with van der Waals surface area (Å²) in [6, 6.07) is 5.99. The van der Waals surface area contributed by atoms with E-state index in [0.717, 1.165) is 34.9 Å². The van der Waals surface area contributed by atoms with Crippen LogP contribution in [0.25, 0.3) is 11.0 Å². The first-order valence-electron chi connectivity index (χ1n) is 7.94. The predicted octanol–water partition coefficient (Wildman–Crippen LogP) is 2.74. The minimum absolute atomic E-state index is 0.0987. The summed E-state index contributed by atoms with van der Waals surface area (Å²) in [5.41, 5.74) is 2.63. The molecular weight excluding hydrogens is 294 g/mol. The predicted molar refractivity (Wildman–Crippen MR) is 85.9 cm³/mol. The number of carbonyl (C=O) groups is 2. The highest BCUT2D eigenvalue weighted by molar-refractivity contribution is 5.87. The van der Waals surface area contributed by atoms with Crippen LogP contribution in [0.4, 0.5) is 0 Å². The van der Waals surface area contributed by atoms with Gasteiger partial charge in [-0.1, -0.05) is 12.1 Å². The third kappa shape index (κ3) is 3.92. The number of furan rings is 1. The Kier molecular flexibility index (Phi) is 4.37. The first kappa shape index (κ1) is 15.6. The topological polar surface area (TPSA) is 68.5 Å². The van der Waals surface area contributed by atoms with Crippen LogP contribution in [0, 0.1) is 12.8 Å². The van der Waals surface area contributed by atoms with E-state index in [1.54, 1.807) is 6.26 Å². The largest absolute Gasteiger partial charge is 0.464 e. The maximum absolute atomic E-state index is 11.9. The number of rotatable bonds is 6. The molecule has 1 N–H and O–H groups in total. The maximum Gasteiger partial charge on any atom is 0.310 e. The summed E-state index contributed by atoms with van der Waals surface area (Å²) in [7, 11) is 0. The van der Waals surface area contributed by atoms with Crippen LogP contribution in [-0.4, -0.2) is 24.5 Å². The van der Waals surface area contributed by atoms with E-state index in [0.29, 0.717) is 5.92 Å². The van der Waals surface area contributed by atoms with E-state index in [-0.39, 0.29) is 25.0 Å². The van der Waals surface area contributed by atoms with Gasteiger partial charge in [0.1, 0.15) is 5.58 Å². The Morgan fingerprint density at radius 2 is 2.17 bits per heavy atom. The molecule has 1 atom stereocenters. The molecule has 0 aliphatic heterocycles. The molecule has 0 bridgehead atoms. The lowest BCUT2D eigenvalue weighted by atomic mass is 10.1. The fourth-order valence-corrected chi connectivity index (χ4v) is 2.69. The fourth-order valence-electron chi connectivity index (χ4n) is 2.69. The number of hydrogen-bond donors (Lipinski definition) is 1. The molecule has 5 nitrogen and oxygen atoms in total. The third-order valence-electron chi connectivity index (χ3n) is 4.23. The second-order valence-electron chi connectivity index (χ2n) is 6.29. The van der Waals surface area contributed by atoms with Crippen LogP contribution in [0.3, 0.4) is 0 Å². The van der Waals surface area contributed by atoms with Crippen molar-refractivity contribution in [3.05, 3.63) is 35.6 Å². The van der Waals surface area contributed by atoms with Gasteiger partial charge in [-0.05, 0) is 44.2 Å². The van der Waals surface area contributed by atoms with E-state index in [4.69, 9.17) is 9.15 Å². The number of amides is 1. The first-order chi connectivity index (χ1) is 11.0. The lowest BCUT2D eigenvalue weighted by molar-refractivity contribution is -0.148. The second kappa shape index (κ2) is 6.44. The molecule has 1 aliphatic carbocycles. The molecule has 23 heavy (non-hydrogen) atoms. The van der Waals surface area contributed by atoms with Crippen molar-refractivity contribution < 1.29 is 18.7 Å². The molecule has 2 aromatic rings. The molecule has 1 fully saturated rings. The standard InChI is InChI=1S/C18H21NO4/c1-11-3-6-15-14(9-22-16(15)7-11)8-18(21)23-10-17(20)19-12(2)13-4-5-13/h3,6-7,9,12-13H,4-5,8,10H2,1-2H3,(H,19,20)/t12-/m0/s1. The molecular formula is C18H21NO4. The smallest absolute Gasteiger partial charge is 0.310 e. The Labute approximate surface area is 135 Å². The highest BCUT2D eigenvalue weighted by Crippen LogP contribution is 2.32. The van der Waals surface area contributed by atoms with Gasteiger partial charge in [-0.3, -0.25) is 9.59 Å². The average Bonchev–Trinajstić information content (AvgIpc) is 3.29. The number of carbonyl (C=O) groups excluding carboxylic acids is 2. The van der Waals surface area contributed by atoms with Gasteiger partial charge in [0.15, 0.2) is 6.61 Å². The minimum atomic E-state index is -0.428. The van der Waals surface area contributed by atoms with Crippen molar-refractivity contribution in [3.8, 4) is 0 Å². The molecule has 0 spiro atoms. The zero-order valence-corrected chi connectivity index (χ0v) is 13.4. The van der Waals surface area contributed by atoms with E-state index < -0.39 is 5.97 Å². The molecule has 3 rings (SSSR count). The summed E-state index contributed by atoms with van der Waals surface area (Å²) in [5.74, 6) is -0.0941. The van der Waals surface area contributed by atoms with Crippen molar-refractivity contribution >= 4 is 22.8 Å². The Bertz CT molecular complexity index is 730. The number of aryl methyl sites for hydroxylation is 1. The lowest BCUT2D eigenvalue weighted by Crippen LogP contribution is -2.37. The van der Waals surface area contributed by atoms with Gasteiger partial charge in [0.05, 0.1) is 12.7 Å². The van der Waals surface area contributed by atoms with Crippen molar-refractivity contribution in [2.24, 2.45) is 5.92 Å². The molecule has 0 radical (unpaired) electrons. The van der Waals surface area contributed by atoms with Gasteiger partial charge in [-0.15, -0.1) is 0 Å². The Balaban J connectivity index is 1.51. The van der Waals surface area contributed by atoms with Gasteiger partial charge in [0.25, 0.3) is 5.91 Å². The van der Waals surface area contributed by atoms with Crippen molar-refractivity contribution in [2.75, 3.05) is 6.61 Å². The van der Waals surface area contributed by atoms with Crippen LogP contribution >= 0.6 is 0 Å². The second-order valence-corrected chi connectivity index (χ2v) is 6.29. The van der Waals surface area contributed by atoms with Crippen molar-refractivity contribution in [1.82, 2.24) is 5.32 Å². The van der Waals surface area contributed by atoms with E-state index in [1.807, 2.05) is 32.0 Å². The Morgan fingerprint density at radius 3 is 2.91 bits per heavy atom. The zero-order chi connectivity index (χ0) is 16.4. The van der Waals surface area contributed by atoms with Crippen LogP contribution in [0.2, 0.25) is 0 Å². The quantitative estimate of drug-likeness (QED) is 0.832. The fraction of sp³-hybridized carbons (Fsp3) is 0.444. The Hall–Kier alpha value is -2.30. The van der Waals surface area contributed by atoms with Gasteiger partial charge < -0.3 is 14.5 Å². The summed E-state index contributed by atoms with van der Waals surface area (Å²) in [6.07, 6.45) is 3.99. The van der Waals surface area contributed by atoms with E-state index >= 15 is 0 Å². The number of ether oxygens (including phenoxy) is 1. The van der Waals surface area contributed by atoms with Gasteiger partial charge in [0.2, 0.25) is 0 Å². The molecule has 1 aromatic heterocycles. The van der Waals surface area contributed by atoms with Crippen LogP contribution in [-0.2, 0) is 20.7 Å². The van der Waals surface area contributed by atoms with Crippen LogP contribution in [0.15, 0.2) is 28.9 Å². The molecule has 0 unspecified atom stereocenters. The number of esters is 1. The number of benzene rings is 1. The summed E-state index contributed by atoms with van der Waals surface area (Å²) in [6.45, 7) is 3.74. The normalized spacial score (nSPS) is 15.4. The first-order valence-corrected chi connectivity index (χ1v) is 7.94. The molecule has 122 valence electrons. The molecule has 1 aromatic carbocycles. The Morgan fingerprint density at radius 1 is 1.39 bits per heavy atom. The molecule has 1 amide bonds. The molecule has 1 heterocycles. The molecule has 0 saturated heterocycles. The van der Waals surface area contributed by atoms with E-state index in [2.05, 4.69) is 5.32 Å². The van der Waals surface area contributed by atoms with E-state index in [9.17, 15) is 9.59 Å². The maximum atomic E-state index is 11.9. The number of hydrogen-bond acceptors (Lipinski definition) is 4. The number of nitrogens with one attached hydrogen (secondary N) is 1.